The molecule has 0 aliphatic carbocycles. The van der Waals surface area contributed by atoms with E-state index in [0.29, 0.717) is 35.1 Å². The van der Waals surface area contributed by atoms with E-state index in [9.17, 15) is 9.59 Å². The molecule has 2 aromatic rings. The largest absolute Gasteiger partial charge is 0.497 e. The molecule has 7 heteroatoms. The number of anilines is 1. The molecule has 1 heterocycles. The summed E-state index contributed by atoms with van der Waals surface area (Å²) in [5.74, 6) is 1.16. The van der Waals surface area contributed by atoms with E-state index < -0.39 is 5.97 Å². The smallest absolute Gasteiger partial charge is 0.341 e. The normalized spacial score (nSPS) is 10.6. The zero-order valence-corrected chi connectivity index (χ0v) is 14.8. The Morgan fingerprint density at radius 3 is 2.68 bits per heavy atom. The summed E-state index contributed by atoms with van der Waals surface area (Å²) >= 11 is 0. The summed E-state index contributed by atoms with van der Waals surface area (Å²) in [6.07, 6.45) is 0. The monoisotopic (exact) mass is 346 g/mol. The molecule has 0 bridgehead atoms. The average Bonchev–Trinajstić information content (AvgIpc) is 2.94. The Morgan fingerprint density at radius 2 is 2.00 bits per heavy atom. The maximum atomic E-state index is 12.1. The standard InChI is InChI=1S/C18H22N2O5/c1-12-16(18(22)24-4)9-15(25-12)10-20(2)11-17(21)19-13-6-5-7-14(8-13)23-3/h5-9H,10-11H2,1-4H3,(H,19,21). The fraction of sp³-hybridized carbons (Fsp3) is 0.333. The highest BCUT2D eigenvalue weighted by Gasteiger charge is 2.17. The molecule has 2 rings (SSSR count). The second-order valence-corrected chi connectivity index (χ2v) is 5.63. The van der Waals surface area contributed by atoms with Crippen molar-refractivity contribution in [2.45, 2.75) is 13.5 Å². The molecule has 1 aromatic carbocycles. The molecule has 7 nitrogen and oxygen atoms in total. The third-order valence-corrected chi connectivity index (χ3v) is 3.57. The minimum atomic E-state index is -0.439. The van der Waals surface area contributed by atoms with Gasteiger partial charge in [0.15, 0.2) is 0 Å². The van der Waals surface area contributed by atoms with Crippen molar-refractivity contribution in [3.63, 3.8) is 0 Å². The number of furan rings is 1. The number of esters is 1. The van der Waals surface area contributed by atoms with Gasteiger partial charge in [0.25, 0.3) is 0 Å². The molecule has 1 N–H and O–H groups in total. The lowest BCUT2D eigenvalue weighted by Gasteiger charge is -2.15. The first-order chi connectivity index (χ1) is 11.9. The maximum absolute atomic E-state index is 12.1. The predicted octanol–water partition coefficient (Wildman–Crippen LogP) is 2.45. The van der Waals surface area contributed by atoms with Crippen molar-refractivity contribution in [1.82, 2.24) is 4.90 Å². The molecular formula is C18H22N2O5. The number of hydrogen-bond donors (Lipinski definition) is 1. The van der Waals surface area contributed by atoms with Crippen molar-refractivity contribution in [3.05, 3.63) is 47.4 Å². The Balaban J connectivity index is 1.92. The van der Waals surface area contributed by atoms with Gasteiger partial charge < -0.3 is 19.2 Å². The van der Waals surface area contributed by atoms with E-state index in [1.165, 1.54) is 7.11 Å². The summed E-state index contributed by atoms with van der Waals surface area (Å²) in [4.78, 5) is 25.5. The second kappa shape index (κ2) is 8.34. The second-order valence-electron chi connectivity index (χ2n) is 5.63. The Bertz CT molecular complexity index is 754. The zero-order valence-electron chi connectivity index (χ0n) is 14.8. The van der Waals surface area contributed by atoms with Gasteiger partial charge in [-0.05, 0) is 32.2 Å². The van der Waals surface area contributed by atoms with E-state index in [-0.39, 0.29) is 12.5 Å². The molecule has 0 aliphatic heterocycles. The van der Waals surface area contributed by atoms with E-state index in [1.807, 2.05) is 0 Å². The van der Waals surface area contributed by atoms with Gasteiger partial charge in [-0.1, -0.05) is 6.07 Å². The number of methoxy groups -OCH3 is 2. The minimum Gasteiger partial charge on any atom is -0.497 e. The van der Waals surface area contributed by atoms with Crippen LogP contribution in [0.4, 0.5) is 5.69 Å². The number of hydrogen-bond acceptors (Lipinski definition) is 6. The van der Waals surface area contributed by atoms with Crippen LogP contribution in [0.1, 0.15) is 21.9 Å². The summed E-state index contributed by atoms with van der Waals surface area (Å²) < 4.78 is 15.4. The first-order valence-corrected chi connectivity index (χ1v) is 7.73. The number of likely N-dealkylation sites (N-methyl/N-ethyl adjacent to an activating group) is 1. The Labute approximate surface area is 146 Å². The fourth-order valence-electron chi connectivity index (χ4n) is 2.40. The van der Waals surface area contributed by atoms with Crippen LogP contribution in [0.25, 0.3) is 0 Å². The lowest BCUT2D eigenvalue weighted by atomic mass is 10.2. The number of aryl methyl sites for hydroxylation is 1. The topological polar surface area (TPSA) is 81.0 Å². The van der Waals surface area contributed by atoms with Crippen LogP contribution in [0, 0.1) is 6.92 Å². The fourth-order valence-corrected chi connectivity index (χ4v) is 2.40. The first-order valence-electron chi connectivity index (χ1n) is 7.73. The number of nitrogens with one attached hydrogen (secondary N) is 1. The molecule has 1 amide bonds. The van der Waals surface area contributed by atoms with Crippen LogP contribution in [-0.2, 0) is 16.1 Å². The SMILES string of the molecule is COC(=O)c1cc(CN(C)CC(=O)Nc2cccc(OC)c2)oc1C. The van der Waals surface area contributed by atoms with Crippen molar-refractivity contribution in [2.75, 3.05) is 33.1 Å². The van der Waals surface area contributed by atoms with Gasteiger partial charge in [0.1, 0.15) is 22.8 Å². The number of carbonyl (C=O) groups is 2. The van der Waals surface area contributed by atoms with Gasteiger partial charge in [0, 0.05) is 11.8 Å². The number of ether oxygens (including phenoxy) is 2. The summed E-state index contributed by atoms with van der Waals surface area (Å²) in [5, 5.41) is 2.81. The molecular weight excluding hydrogens is 324 g/mol. The Hall–Kier alpha value is -2.80. The van der Waals surface area contributed by atoms with Gasteiger partial charge in [-0.25, -0.2) is 4.79 Å². The van der Waals surface area contributed by atoms with E-state index in [4.69, 9.17) is 13.9 Å². The van der Waals surface area contributed by atoms with E-state index in [1.54, 1.807) is 56.3 Å². The number of nitrogens with zero attached hydrogens (tertiary/aromatic N) is 1. The predicted molar refractivity (Wildman–Crippen MR) is 92.7 cm³/mol. The molecule has 1 aromatic heterocycles. The first kappa shape index (κ1) is 18.5. The lowest BCUT2D eigenvalue weighted by Crippen LogP contribution is -2.29. The lowest BCUT2D eigenvalue weighted by molar-refractivity contribution is -0.117. The van der Waals surface area contributed by atoms with Crippen LogP contribution in [0.3, 0.4) is 0 Å². The molecule has 134 valence electrons. The van der Waals surface area contributed by atoms with Crippen LogP contribution in [0.5, 0.6) is 5.75 Å². The molecule has 0 unspecified atom stereocenters. The minimum absolute atomic E-state index is 0.160. The highest BCUT2D eigenvalue weighted by Crippen LogP contribution is 2.18. The van der Waals surface area contributed by atoms with Crippen molar-refractivity contribution < 1.29 is 23.5 Å². The maximum Gasteiger partial charge on any atom is 0.341 e. The van der Waals surface area contributed by atoms with Crippen LogP contribution < -0.4 is 10.1 Å². The van der Waals surface area contributed by atoms with Crippen molar-refractivity contribution in [1.29, 1.82) is 0 Å². The van der Waals surface area contributed by atoms with Crippen LogP contribution in [0.15, 0.2) is 34.7 Å². The zero-order chi connectivity index (χ0) is 18.4. The van der Waals surface area contributed by atoms with Crippen molar-refractivity contribution in [3.8, 4) is 5.75 Å². The van der Waals surface area contributed by atoms with Crippen LogP contribution in [-0.4, -0.2) is 44.6 Å². The summed E-state index contributed by atoms with van der Waals surface area (Å²) in [6.45, 7) is 2.26. The Kier molecular flexibility index (Phi) is 6.19. The van der Waals surface area contributed by atoms with Crippen molar-refractivity contribution in [2.24, 2.45) is 0 Å². The third kappa shape index (κ3) is 5.09. The van der Waals surface area contributed by atoms with Gasteiger partial charge in [-0.15, -0.1) is 0 Å². The van der Waals surface area contributed by atoms with Gasteiger partial charge >= 0.3 is 5.97 Å². The number of benzene rings is 1. The molecule has 25 heavy (non-hydrogen) atoms. The Morgan fingerprint density at radius 1 is 1.24 bits per heavy atom. The molecule has 0 spiro atoms. The average molecular weight is 346 g/mol. The molecule has 0 atom stereocenters. The quantitative estimate of drug-likeness (QED) is 0.776. The third-order valence-electron chi connectivity index (χ3n) is 3.57. The van der Waals surface area contributed by atoms with Crippen LogP contribution >= 0.6 is 0 Å². The highest BCUT2D eigenvalue weighted by molar-refractivity contribution is 5.92. The van der Waals surface area contributed by atoms with Gasteiger partial charge in [0.2, 0.25) is 5.91 Å². The molecule has 0 fully saturated rings. The molecule has 0 saturated carbocycles. The van der Waals surface area contributed by atoms with Gasteiger partial charge in [-0.3, -0.25) is 9.69 Å². The number of rotatable bonds is 7. The van der Waals surface area contributed by atoms with E-state index in [2.05, 4.69) is 5.32 Å². The molecule has 0 aliphatic rings. The summed E-state index contributed by atoms with van der Waals surface area (Å²) in [6, 6.07) is 8.78. The molecule has 0 radical (unpaired) electrons. The summed E-state index contributed by atoms with van der Waals surface area (Å²) in [7, 11) is 4.69. The number of amides is 1. The van der Waals surface area contributed by atoms with Crippen LogP contribution in [0.2, 0.25) is 0 Å². The highest BCUT2D eigenvalue weighted by atomic mass is 16.5. The van der Waals surface area contributed by atoms with Gasteiger partial charge in [-0.2, -0.15) is 0 Å². The van der Waals surface area contributed by atoms with E-state index >= 15 is 0 Å². The number of carbonyl (C=O) groups excluding carboxylic acids is 2. The summed E-state index contributed by atoms with van der Waals surface area (Å²) in [5.41, 5.74) is 1.06. The van der Waals surface area contributed by atoms with E-state index in [0.717, 1.165) is 0 Å². The molecule has 0 saturated heterocycles. The van der Waals surface area contributed by atoms with Crippen molar-refractivity contribution >= 4 is 17.6 Å². The van der Waals surface area contributed by atoms with Gasteiger partial charge in [0.05, 0.1) is 27.3 Å².